The van der Waals surface area contributed by atoms with E-state index in [0.717, 1.165) is 39.0 Å². The number of piperazine rings is 1. The molecule has 0 bridgehead atoms. The molecule has 1 aromatic heterocycles. The quantitative estimate of drug-likeness (QED) is 0.875. The van der Waals surface area contributed by atoms with Crippen molar-refractivity contribution in [1.82, 2.24) is 20.1 Å². The second kappa shape index (κ2) is 6.44. The van der Waals surface area contributed by atoms with Crippen molar-refractivity contribution < 1.29 is 9.59 Å². The predicted octanol–water partition coefficient (Wildman–Crippen LogP) is 0.751. The molecule has 22 heavy (non-hydrogen) atoms. The van der Waals surface area contributed by atoms with Crippen molar-refractivity contribution in [3.05, 3.63) is 29.6 Å². The first kappa shape index (κ1) is 15.0. The summed E-state index contributed by atoms with van der Waals surface area (Å²) in [6.45, 7) is 5.84. The molecule has 1 N–H and O–H groups in total. The lowest BCUT2D eigenvalue weighted by molar-refractivity contribution is 0.0649. The average molecular weight is 302 g/mol. The van der Waals surface area contributed by atoms with Gasteiger partial charge in [-0.25, -0.2) is 4.98 Å². The van der Waals surface area contributed by atoms with E-state index >= 15 is 0 Å². The predicted molar refractivity (Wildman–Crippen MR) is 82.7 cm³/mol. The van der Waals surface area contributed by atoms with E-state index in [1.807, 2.05) is 16.7 Å². The Bertz CT molecular complexity index is 569. The van der Waals surface area contributed by atoms with E-state index in [2.05, 4.69) is 10.3 Å². The van der Waals surface area contributed by atoms with Crippen molar-refractivity contribution in [3.8, 4) is 0 Å². The van der Waals surface area contributed by atoms with Crippen LogP contribution in [0.15, 0.2) is 18.2 Å². The van der Waals surface area contributed by atoms with Crippen molar-refractivity contribution in [1.29, 1.82) is 0 Å². The number of pyridine rings is 1. The van der Waals surface area contributed by atoms with Crippen molar-refractivity contribution in [3.63, 3.8) is 0 Å². The zero-order valence-electron chi connectivity index (χ0n) is 12.9. The average Bonchev–Trinajstić information content (AvgIpc) is 3.08. The standard InChI is InChI=1S/C16H22N4O2/c1-12-11-17-7-10-20(12)16(22)14-6-4-5-13(18-14)15(21)19-8-2-3-9-19/h4-6,12,17H,2-3,7-11H2,1H3/t12-/m1/s1. The molecule has 0 radical (unpaired) electrons. The Morgan fingerprint density at radius 1 is 1.14 bits per heavy atom. The lowest BCUT2D eigenvalue weighted by atomic mass is 10.2. The van der Waals surface area contributed by atoms with Gasteiger partial charge in [0.2, 0.25) is 0 Å². The van der Waals surface area contributed by atoms with Crippen LogP contribution in [0.25, 0.3) is 0 Å². The molecule has 0 aromatic carbocycles. The lowest BCUT2D eigenvalue weighted by Gasteiger charge is -2.33. The second-order valence-corrected chi connectivity index (χ2v) is 5.96. The first-order chi connectivity index (χ1) is 10.7. The molecule has 1 atom stereocenters. The molecule has 118 valence electrons. The van der Waals surface area contributed by atoms with E-state index in [0.29, 0.717) is 17.9 Å². The Hall–Kier alpha value is -1.95. The van der Waals surface area contributed by atoms with Crippen LogP contribution in [0, 0.1) is 0 Å². The van der Waals surface area contributed by atoms with Gasteiger partial charge in [-0.1, -0.05) is 6.07 Å². The fourth-order valence-electron chi connectivity index (χ4n) is 3.05. The Balaban J connectivity index is 1.78. The third-order valence-electron chi connectivity index (χ3n) is 4.34. The van der Waals surface area contributed by atoms with Gasteiger partial charge < -0.3 is 15.1 Å². The lowest BCUT2D eigenvalue weighted by Crippen LogP contribution is -2.52. The topological polar surface area (TPSA) is 65.5 Å². The number of carbonyl (C=O) groups excluding carboxylic acids is 2. The molecule has 2 aliphatic heterocycles. The zero-order valence-corrected chi connectivity index (χ0v) is 12.9. The van der Waals surface area contributed by atoms with E-state index in [1.54, 1.807) is 18.2 Å². The summed E-state index contributed by atoms with van der Waals surface area (Å²) in [4.78, 5) is 33.0. The van der Waals surface area contributed by atoms with Crippen LogP contribution in [0.4, 0.5) is 0 Å². The van der Waals surface area contributed by atoms with Crippen LogP contribution < -0.4 is 5.32 Å². The highest BCUT2D eigenvalue weighted by atomic mass is 16.2. The fraction of sp³-hybridized carbons (Fsp3) is 0.562. The van der Waals surface area contributed by atoms with Crippen LogP contribution in [-0.2, 0) is 0 Å². The third-order valence-corrected chi connectivity index (χ3v) is 4.34. The van der Waals surface area contributed by atoms with Crippen LogP contribution in [0.5, 0.6) is 0 Å². The van der Waals surface area contributed by atoms with Gasteiger partial charge in [-0.2, -0.15) is 0 Å². The van der Waals surface area contributed by atoms with Gasteiger partial charge >= 0.3 is 0 Å². The monoisotopic (exact) mass is 302 g/mol. The number of nitrogens with zero attached hydrogens (tertiary/aromatic N) is 3. The van der Waals surface area contributed by atoms with E-state index < -0.39 is 0 Å². The van der Waals surface area contributed by atoms with Gasteiger partial charge in [0.1, 0.15) is 11.4 Å². The second-order valence-electron chi connectivity index (χ2n) is 5.96. The smallest absolute Gasteiger partial charge is 0.272 e. The van der Waals surface area contributed by atoms with E-state index in [-0.39, 0.29) is 17.9 Å². The maximum Gasteiger partial charge on any atom is 0.272 e. The molecule has 0 spiro atoms. The Morgan fingerprint density at radius 2 is 1.82 bits per heavy atom. The number of rotatable bonds is 2. The van der Waals surface area contributed by atoms with Gasteiger partial charge in [0, 0.05) is 38.8 Å². The minimum atomic E-state index is -0.0925. The number of likely N-dealkylation sites (tertiary alicyclic amines) is 1. The van der Waals surface area contributed by atoms with Crippen molar-refractivity contribution >= 4 is 11.8 Å². The van der Waals surface area contributed by atoms with Gasteiger partial charge in [-0.3, -0.25) is 9.59 Å². The maximum atomic E-state index is 12.6. The summed E-state index contributed by atoms with van der Waals surface area (Å²) >= 11 is 0. The molecular formula is C16H22N4O2. The van der Waals surface area contributed by atoms with Crippen LogP contribution in [0.2, 0.25) is 0 Å². The molecule has 2 amide bonds. The summed E-state index contributed by atoms with van der Waals surface area (Å²) in [6.07, 6.45) is 2.09. The van der Waals surface area contributed by atoms with Crippen molar-refractivity contribution in [2.45, 2.75) is 25.8 Å². The number of nitrogens with one attached hydrogen (secondary N) is 1. The van der Waals surface area contributed by atoms with E-state index in [9.17, 15) is 9.59 Å². The van der Waals surface area contributed by atoms with Gasteiger partial charge in [0.25, 0.3) is 11.8 Å². The zero-order chi connectivity index (χ0) is 15.5. The summed E-state index contributed by atoms with van der Waals surface area (Å²) in [5.41, 5.74) is 0.731. The highest BCUT2D eigenvalue weighted by Crippen LogP contribution is 2.13. The van der Waals surface area contributed by atoms with Gasteiger partial charge in [-0.15, -0.1) is 0 Å². The summed E-state index contributed by atoms with van der Waals surface area (Å²) in [5, 5.41) is 3.26. The van der Waals surface area contributed by atoms with Crippen molar-refractivity contribution in [2.75, 3.05) is 32.7 Å². The summed E-state index contributed by atoms with van der Waals surface area (Å²) < 4.78 is 0. The molecule has 0 aliphatic carbocycles. The number of carbonyl (C=O) groups is 2. The normalized spacial score (nSPS) is 22.0. The molecule has 2 saturated heterocycles. The Labute approximate surface area is 130 Å². The fourth-order valence-corrected chi connectivity index (χ4v) is 3.05. The first-order valence-electron chi connectivity index (χ1n) is 7.95. The third kappa shape index (κ3) is 2.97. The molecule has 0 saturated carbocycles. The molecule has 3 rings (SSSR count). The largest absolute Gasteiger partial charge is 0.337 e. The number of hydrogen-bond acceptors (Lipinski definition) is 4. The molecule has 6 nitrogen and oxygen atoms in total. The van der Waals surface area contributed by atoms with Crippen molar-refractivity contribution in [2.24, 2.45) is 0 Å². The van der Waals surface area contributed by atoms with Crippen LogP contribution in [-0.4, -0.2) is 65.4 Å². The van der Waals surface area contributed by atoms with Crippen LogP contribution in [0.3, 0.4) is 0 Å². The van der Waals surface area contributed by atoms with Crippen LogP contribution >= 0.6 is 0 Å². The number of hydrogen-bond donors (Lipinski definition) is 1. The molecule has 2 fully saturated rings. The van der Waals surface area contributed by atoms with Crippen LogP contribution in [0.1, 0.15) is 40.7 Å². The highest BCUT2D eigenvalue weighted by Gasteiger charge is 2.26. The SMILES string of the molecule is C[C@@H]1CNCCN1C(=O)c1cccc(C(=O)N2CCCC2)n1. The summed E-state index contributed by atoms with van der Waals surface area (Å²) in [7, 11) is 0. The van der Waals surface area contributed by atoms with Gasteiger partial charge in [0.15, 0.2) is 0 Å². The number of amides is 2. The maximum absolute atomic E-state index is 12.6. The molecule has 3 heterocycles. The molecule has 2 aliphatic rings. The molecule has 6 heteroatoms. The molecular weight excluding hydrogens is 280 g/mol. The Kier molecular flexibility index (Phi) is 4.38. The Morgan fingerprint density at radius 3 is 2.50 bits per heavy atom. The highest BCUT2D eigenvalue weighted by molar-refractivity contribution is 5.96. The van der Waals surface area contributed by atoms with E-state index in [1.165, 1.54) is 0 Å². The minimum Gasteiger partial charge on any atom is -0.337 e. The minimum absolute atomic E-state index is 0.0690. The molecule has 0 unspecified atom stereocenters. The van der Waals surface area contributed by atoms with Gasteiger partial charge in [-0.05, 0) is 31.9 Å². The molecule has 1 aromatic rings. The number of aromatic nitrogens is 1. The first-order valence-corrected chi connectivity index (χ1v) is 7.95. The summed E-state index contributed by atoms with van der Waals surface area (Å²) in [6, 6.07) is 5.27. The summed E-state index contributed by atoms with van der Waals surface area (Å²) in [5.74, 6) is -0.161. The van der Waals surface area contributed by atoms with E-state index in [4.69, 9.17) is 0 Å². The van der Waals surface area contributed by atoms with Gasteiger partial charge in [0.05, 0.1) is 0 Å².